The van der Waals surface area contributed by atoms with E-state index in [9.17, 15) is 0 Å². The summed E-state index contributed by atoms with van der Waals surface area (Å²) in [7, 11) is 1.93. The van der Waals surface area contributed by atoms with Crippen LogP contribution in [0.2, 0.25) is 5.02 Å². The number of piperidine rings is 1. The fourth-order valence-electron chi connectivity index (χ4n) is 3.73. The van der Waals surface area contributed by atoms with Crippen molar-refractivity contribution in [2.75, 3.05) is 26.7 Å². The summed E-state index contributed by atoms with van der Waals surface area (Å²) >= 11 is 6.30. The van der Waals surface area contributed by atoms with Crippen LogP contribution in [0.4, 0.5) is 0 Å². The first kappa shape index (κ1) is 26.6. The number of benzene rings is 1. The second-order valence-electron chi connectivity index (χ2n) is 7.85. The van der Waals surface area contributed by atoms with Crippen LogP contribution in [0, 0.1) is 6.92 Å². The maximum atomic E-state index is 6.30. The van der Waals surface area contributed by atoms with E-state index >= 15 is 0 Å². The summed E-state index contributed by atoms with van der Waals surface area (Å²) in [6, 6.07) is 10.2. The highest BCUT2D eigenvalue weighted by Gasteiger charge is 2.14. The molecule has 0 saturated carbocycles. The second kappa shape index (κ2) is 14.5. The third-order valence-electron chi connectivity index (χ3n) is 5.64. The fraction of sp³-hybridized carbons (Fsp3) is 0.345. The highest BCUT2D eigenvalue weighted by atomic mass is 35.5. The number of nitrogens with zero attached hydrogens (tertiary/aromatic N) is 2. The Kier molecular flexibility index (Phi) is 11.7. The third-order valence-corrected chi connectivity index (χ3v) is 5.87. The zero-order valence-corrected chi connectivity index (χ0v) is 21.5. The monoisotopic (exact) mass is 463 g/mol. The normalized spacial score (nSPS) is 15.0. The van der Waals surface area contributed by atoms with Crippen LogP contribution < -0.4 is 5.32 Å². The zero-order valence-electron chi connectivity index (χ0n) is 20.7. The summed E-state index contributed by atoms with van der Waals surface area (Å²) < 4.78 is 0. The molecule has 0 unspecified atom stereocenters. The lowest BCUT2D eigenvalue weighted by Gasteiger charge is -2.28. The van der Waals surface area contributed by atoms with E-state index in [1.165, 1.54) is 16.7 Å². The molecular weight excluding hydrogens is 426 g/mol. The summed E-state index contributed by atoms with van der Waals surface area (Å²) in [5, 5.41) is 3.83. The van der Waals surface area contributed by atoms with Crippen LogP contribution in [0.3, 0.4) is 0 Å². The molecule has 0 radical (unpaired) electrons. The van der Waals surface area contributed by atoms with Gasteiger partial charge in [0.25, 0.3) is 0 Å². The Morgan fingerprint density at radius 1 is 1.09 bits per heavy atom. The number of allylic oxidation sites excluding steroid dienone is 1. The molecule has 1 N–H and O–H groups in total. The topological polar surface area (TPSA) is 28.2 Å². The van der Waals surface area contributed by atoms with E-state index in [2.05, 4.69) is 64.6 Å². The Morgan fingerprint density at radius 3 is 2.48 bits per heavy atom. The van der Waals surface area contributed by atoms with Gasteiger partial charge in [0.1, 0.15) is 0 Å². The highest BCUT2D eigenvalue weighted by molar-refractivity contribution is 6.30. The average molecular weight is 464 g/mol. The molecular formula is C29H38ClN3. The molecule has 0 spiro atoms. The summed E-state index contributed by atoms with van der Waals surface area (Å²) in [6.07, 6.45) is 17.0. The highest BCUT2D eigenvalue weighted by Crippen LogP contribution is 2.25. The Morgan fingerprint density at radius 2 is 1.82 bits per heavy atom. The predicted octanol–water partition coefficient (Wildman–Crippen LogP) is 7.40. The van der Waals surface area contributed by atoms with E-state index in [1.807, 2.05) is 58.4 Å². The summed E-state index contributed by atoms with van der Waals surface area (Å²) in [5.41, 5.74) is 7.35. The molecule has 4 heteroatoms. The van der Waals surface area contributed by atoms with Crippen molar-refractivity contribution in [1.29, 1.82) is 0 Å². The van der Waals surface area contributed by atoms with Crippen LogP contribution >= 0.6 is 11.6 Å². The number of rotatable bonds is 7. The maximum absolute atomic E-state index is 6.30. The van der Waals surface area contributed by atoms with Gasteiger partial charge in [-0.05, 0) is 79.4 Å². The number of hydrogen-bond acceptors (Lipinski definition) is 3. The lowest BCUT2D eigenvalue weighted by atomic mass is 9.97. The SMILES string of the molecule is C/C=C(\C=C/NC)CN1CCC(=Cc2ccc(Cl)cc2/C=C\c2cccnc2C)CC1.CC. The standard InChI is InChI=1S/C27H32ClN3.C2H6/c1-4-22(11-15-29-3)20-31-16-12-23(13-17-31)18-25-9-10-27(28)19-26(25)8-7-24-6-5-14-30-21(24)2;1-2/h4-11,14-15,18-19,29H,12-13,16-17,20H2,1-3H3;1-2H3/b8-7-,15-11-,22-4+;. The van der Waals surface area contributed by atoms with E-state index in [0.29, 0.717) is 0 Å². The van der Waals surface area contributed by atoms with Crippen molar-refractivity contribution in [3.63, 3.8) is 0 Å². The first-order valence-electron chi connectivity index (χ1n) is 11.9. The Hall–Kier alpha value is -2.62. The van der Waals surface area contributed by atoms with Gasteiger partial charge < -0.3 is 5.32 Å². The molecule has 3 nitrogen and oxygen atoms in total. The van der Waals surface area contributed by atoms with Gasteiger partial charge >= 0.3 is 0 Å². The first-order chi connectivity index (χ1) is 16.1. The van der Waals surface area contributed by atoms with Gasteiger partial charge in [-0.3, -0.25) is 9.88 Å². The zero-order chi connectivity index (χ0) is 24.1. The molecule has 3 rings (SSSR count). The molecule has 0 amide bonds. The van der Waals surface area contributed by atoms with Gasteiger partial charge in [0.05, 0.1) is 0 Å². The molecule has 176 valence electrons. The van der Waals surface area contributed by atoms with Crippen LogP contribution in [0.25, 0.3) is 18.2 Å². The molecule has 1 fully saturated rings. The van der Waals surface area contributed by atoms with Gasteiger partial charge in [-0.2, -0.15) is 0 Å². The van der Waals surface area contributed by atoms with E-state index < -0.39 is 0 Å². The van der Waals surface area contributed by atoms with Crippen LogP contribution in [-0.2, 0) is 0 Å². The summed E-state index contributed by atoms with van der Waals surface area (Å²) in [6.45, 7) is 11.3. The summed E-state index contributed by atoms with van der Waals surface area (Å²) in [4.78, 5) is 6.90. The predicted molar refractivity (Wildman–Crippen MR) is 146 cm³/mol. The first-order valence-corrected chi connectivity index (χ1v) is 12.3. The molecule has 1 aliphatic heterocycles. The molecule has 0 atom stereocenters. The lowest BCUT2D eigenvalue weighted by Crippen LogP contribution is -2.32. The van der Waals surface area contributed by atoms with Crippen LogP contribution in [0.1, 0.15) is 56.0 Å². The van der Waals surface area contributed by atoms with E-state index in [4.69, 9.17) is 11.6 Å². The van der Waals surface area contributed by atoms with Gasteiger partial charge in [-0.1, -0.05) is 67.5 Å². The van der Waals surface area contributed by atoms with Gasteiger partial charge in [-0.15, -0.1) is 0 Å². The van der Waals surface area contributed by atoms with Crippen LogP contribution in [0.15, 0.2) is 66.0 Å². The molecule has 1 saturated heterocycles. The number of aromatic nitrogens is 1. The largest absolute Gasteiger partial charge is 0.394 e. The number of nitrogens with one attached hydrogen (secondary N) is 1. The lowest BCUT2D eigenvalue weighted by molar-refractivity contribution is 0.279. The summed E-state index contributed by atoms with van der Waals surface area (Å²) in [5.74, 6) is 0. The van der Waals surface area contributed by atoms with Gasteiger partial charge in [0.2, 0.25) is 0 Å². The van der Waals surface area contributed by atoms with Crippen molar-refractivity contribution in [2.24, 2.45) is 0 Å². The minimum absolute atomic E-state index is 0.757. The van der Waals surface area contributed by atoms with Crippen LogP contribution in [-0.4, -0.2) is 36.6 Å². The second-order valence-corrected chi connectivity index (χ2v) is 8.29. The van der Waals surface area contributed by atoms with Crippen molar-refractivity contribution < 1.29 is 0 Å². The number of likely N-dealkylation sites (tertiary alicyclic amines) is 1. The molecule has 2 heterocycles. The van der Waals surface area contributed by atoms with Gasteiger partial charge in [0, 0.05) is 43.6 Å². The molecule has 1 aromatic carbocycles. The number of aryl methyl sites for hydroxylation is 1. The molecule has 2 aromatic rings. The minimum Gasteiger partial charge on any atom is -0.394 e. The Bertz CT molecular complexity index is 992. The van der Waals surface area contributed by atoms with Crippen molar-refractivity contribution >= 4 is 29.8 Å². The number of hydrogen-bond donors (Lipinski definition) is 1. The molecule has 0 bridgehead atoms. The van der Waals surface area contributed by atoms with E-state index in [-0.39, 0.29) is 0 Å². The van der Waals surface area contributed by atoms with Crippen molar-refractivity contribution in [1.82, 2.24) is 15.2 Å². The maximum Gasteiger partial charge on any atom is 0.0444 e. The quantitative estimate of drug-likeness (QED) is 0.433. The fourth-order valence-corrected chi connectivity index (χ4v) is 3.91. The van der Waals surface area contributed by atoms with Gasteiger partial charge in [-0.25, -0.2) is 0 Å². The van der Waals surface area contributed by atoms with Crippen molar-refractivity contribution in [3.8, 4) is 0 Å². The van der Waals surface area contributed by atoms with Crippen molar-refractivity contribution in [3.05, 3.63) is 93.4 Å². The molecule has 33 heavy (non-hydrogen) atoms. The Labute approximate surface area is 205 Å². The molecule has 1 aliphatic rings. The van der Waals surface area contributed by atoms with Gasteiger partial charge in [0.15, 0.2) is 0 Å². The Balaban J connectivity index is 0.00000187. The smallest absolute Gasteiger partial charge is 0.0444 e. The van der Waals surface area contributed by atoms with E-state index in [1.54, 1.807) is 0 Å². The van der Waals surface area contributed by atoms with Crippen molar-refractivity contribution in [2.45, 2.75) is 40.5 Å². The molecule has 1 aromatic heterocycles. The number of halogens is 1. The molecule has 0 aliphatic carbocycles. The minimum atomic E-state index is 0.757. The number of pyridine rings is 1. The average Bonchev–Trinajstić information content (AvgIpc) is 2.85. The van der Waals surface area contributed by atoms with Crippen LogP contribution in [0.5, 0.6) is 0 Å². The third kappa shape index (κ3) is 8.68. The van der Waals surface area contributed by atoms with E-state index in [0.717, 1.165) is 54.3 Å².